The number of methoxy groups -OCH3 is 1. The summed E-state index contributed by atoms with van der Waals surface area (Å²) in [5.41, 5.74) is 3.52. The molecule has 0 saturated carbocycles. The van der Waals surface area contributed by atoms with Gasteiger partial charge in [-0.1, -0.05) is 35.9 Å². The van der Waals surface area contributed by atoms with Crippen molar-refractivity contribution in [1.82, 2.24) is 4.31 Å². The molecule has 0 saturated heterocycles. The molecule has 0 fully saturated rings. The first-order valence-corrected chi connectivity index (χ1v) is 10.5. The summed E-state index contributed by atoms with van der Waals surface area (Å²) in [6, 6.07) is 13.2. The average molecular weight is 391 g/mol. The van der Waals surface area contributed by atoms with E-state index in [0.717, 1.165) is 22.9 Å². The molecule has 2 aromatic rings. The molecule has 0 atom stereocenters. The average Bonchev–Trinajstić information content (AvgIpc) is 2.58. The van der Waals surface area contributed by atoms with Crippen molar-refractivity contribution in [1.29, 1.82) is 0 Å². The first-order valence-electron chi connectivity index (χ1n) is 8.64. The lowest BCUT2D eigenvalue weighted by molar-refractivity contribution is -0.116. The Labute approximate surface area is 161 Å². The van der Waals surface area contributed by atoms with Crippen LogP contribution in [0.4, 0.5) is 5.69 Å². The van der Waals surface area contributed by atoms with Gasteiger partial charge in [-0.25, -0.2) is 8.42 Å². The smallest absolute Gasteiger partial charge is 0.225 e. The van der Waals surface area contributed by atoms with Crippen LogP contribution in [-0.4, -0.2) is 38.5 Å². The molecule has 0 aliphatic rings. The van der Waals surface area contributed by atoms with Crippen molar-refractivity contribution >= 4 is 21.6 Å². The highest BCUT2D eigenvalue weighted by Gasteiger charge is 2.19. The van der Waals surface area contributed by atoms with Gasteiger partial charge in [0.2, 0.25) is 15.9 Å². The van der Waals surface area contributed by atoms with Gasteiger partial charge in [0.1, 0.15) is 5.75 Å². The summed E-state index contributed by atoms with van der Waals surface area (Å²) in [6.07, 6.45) is 1.21. The van der Waals surface area contributed by atoms with Crippen LogP contribution in [0.25, 0.3) is 0 Å². The summed E-state index contributed by atoms with van der Waals surface area (Å²) in [5, 5.41) is 2.80. The minimum atomic E-state index is -3.44. The second kappa shape index (κ2) is 9.01. The molecule has 0 bridgehead atoms. The Balaban J connectivity index is 2.04. The number of benzene rings is 2. The molecule has 1 amide bonds. The zero-order valence-corrected chi connectivity index (χ0v) is 17.0. The van der Waals surface area contributed by atoms with Gasteiger partial charge in [-0.15, -0.1) is 0 Å². The molecular weight excluding hydrogens is 364 g/mol. The van der Waals surface area contributed by atoms with Crippen molar-refractivity contribution in [2.45, 2.75) is 26.8 Å². The molecule has 27 heavy (non-hydrogen) atoms. The molecule has 6 nitrogen and oxygen atoms in total. The Bertz CT molecular complexity index is 910. The fourth-order valence-corrected chi connectivity index (χ4v) is 3.54. The highest BCUT2D eigenvalue weighted by Crippen LogP contribution is 2.25. The largest absolute Gasteiger partial charge is 0.495 e. The molecule has 0 heterocycles. The number of nitrogens with zero attached hydrogens (tertiary/aromatic N) is 1. The summed E-state index contributed by atoms with van der Waals surface area (Å²) < 4.78 is 30.8. The topological polar surface area (TPSA) is 75.7 Å². The number of anilines is 1. The Kier molecular flexibility index (Phi) is 6.98. The van der Waals surface area contributed by atoms with Crippen molar-refractivity contribution in [3.05, 3.63) is 59.2 Å². The molecule has 0 aromatic heterocycles. The molecule has 1 N–H and O–H groups in total. The third-order valence-corrected chi connectivity index (χ3v) is 5.38. The molecule has 0 unspecified atom stereocenters. The van der Waals surface area contributed by atoms with Gasteiger partial charge in [-0.05, 0) is 37.1 Å². The lowest BCUT2D eigenvalue weighted by Gasteiger charge is -2.20. The van der Waals surface area contributed by atoms with Gasteiger partial charge in [0.25, 0.3) is 0 Å². The van der Waals surface area contributed by atoms with Crippen LogP contribution in [0.1, 0.15) is 23.1 Å². The van der Waals surface area contributed by atoms with Gasteiger partial charge in [-0.2, -0.15) is 4.31 Å². The first kappa shape index (κ1) is 20.9. The maximum atomic E-state index is 12.3. The number of aryl methyl sites for hydroxylation is 2. The summed E-state index contributed by atoms with van der Waals surface area (Å²) in [6.45, 7) is 4.22. The van der Waals surface area contributed by atoms with Crippen LogP contribution in [0.3, 0.4) is 0 Å². The number of nitrogens with one attached hydrogen (secondary N) is 1. The number of ether oxygens (including phenoxy) is 1. The van der Waals surface area contributed by atoms with E-state index in [9.17, 15) is 13.2 Å². The monoisotopic (exact) mass is 390 g/mol. The van der Waals surface area contributed by atoms with E-state index in [1.54, 1.807) is 6.07 Å². The van der Waals surface area contributed by atoms with E-state index in [2.05, 4.69) is 5.32 Å². The standard InChI is InChI=1S/C20H26N2O4S/c1-15-6-5-7-17(12-15)14-22(27(4,24)25)11-10-20(23)21-18-13-16(2)8-9-19(18)26-3/h5-9,12-13H,10-11,14H2,1-4H3,(H,21,23). The molecule has 2 rings (SSSR count). The number of hydrogen-bond acceptors (Lipinski definition) is 4. The van der Waals surface area contributed by atoms with Crippen LogP contribution in [-0.2, 0) is 21.4 Å². The first-order chi connectivity index (χ1) is 12.7. The fourth-order valence-electron chi connectivity index (χ4n) is 2.73. The SMILES string of the molecule is COc1ccc(C)cc1NC(=O)CCN(Cc1cccc(C)c1)S(C)(=O)=O. The minimum absolute atomic E-state index is 0.0516. The van der Waals surface area contributed by atoms with Crippen LogP contribution in [0.15, 0.2) is 42.5 Å². The van der Waals surface area contributed by atoms with E-state index >= 15 is 0 Å². The van der Waals surface area contributed by atoms with Crippen LogP contribution >= 0.6 is 0 Å². The quantitative estimate of drug-likeness (QED) is 0.751. The second-order valence-corrected chi connectivity index (χ2v) is 8.57. The maximum Gasteiger partial charge on any atom is 0.225 e. The number of carbonyl (C=O) groups excluding carboxylic acids is 1. The van der Waals surface area contributed by atoms with E-state index in [1.807, 2.05) is 50.2 Å². The Hall–Kier alpha value is -2.38. The van der Waals surface area contributed by atoms with E-state index in [4.69, 9.17) is 4.74 Å². The Morgan fingerprint density at radius 3 is 2.44 bits per heavy atom. The van der Waals surface area contributed by atoms with E-state index in [-0.39, 0.29) is 25.4 Å². The molecule has 2 aromatic carbocycles. The molecule has 146 valence electrons. The van der Waals surface area contributed by atoms with Gasteiger partial charge in [0.05, 0.1) is 19.1 Å². The zero-order chi connectivity index (χ0) is 20.0. The summed E-state index contributed by atoms with van der Waals surface area (Å²) in [4.78, 5) is 12.3. The molecule has 0 aliphatic carbocycles. The molecular formula is C20H26N2O4S. The Morgan fingerprint density at radius 2 is 1.81 bits per heavy atom. The van der Waals surface area contributed by atoms with Gasteiger partial charge >= 0.3 is 0 Å². The number of sulfonamides is 1. The molecule has 0 aliphatic heterocycles. The minimum Gasteiger partial charge on any atom is -0.495 e. The maximum absolute atomic E-state index is 12.3. The number of carbonyl (C=O) groups is 1. The van der Waals surface area contributed by atoms with Crippen LogP contribution < -0.4 is 10.1 Å². The number of amides is 1. The predicted octanol–water partition coefficient (Wildman–Crippen LogP) is 3.10. The van der Waals surface area contributed by atoms with Crippen LogP contribution in [0, 0.1) is 13.8 Å². The molecule has 0 radical (unpaired) electrons. The van der Waals surface area contributed by atoms with Crippen LogP contribution in [0.5, 0.6) is 5.75 Å². The van der Waals surface area contributed by atoms with Crippen molar-refractivity contribution in [3.8, 4) is 5.75 Å². The van der Waals surface area contributed by atoms with Gasteiger partial charge < -0.3 is 10.1 Å². The van der Waals surface area contributed by atoms with E-state index in [1.165, 1.54) is 11.4 Å². The van der Waals surface area contributed by atoms with Gasteiger partial charge in [0.15, 0.2) is 0 Å². The lowest BCUT2D eigenvalue weighted by Crippen LogP contribution is -2.32. The van der Waals surface area contributed by atoms with Gasteiger partial charge in [-0.3, -0.25) is 4.79 Å². The van der Waals surface area contributed by atoms with Crippen LogP contribution in [0.2, 0.25) is 0 Å². The van der Waals surface area contributed by atoms with Crippen molar-refractivity contribution in [2.24, 2.45) is 0 Å². The Morgan fingerprint density at radius 1 is 1.11 bits per heavy atom. The fraction of sp³-hybridized carbons (Fsp3) is 0.350. The summed E-state index contributed by atoms with van der Waals surface area (Å²) in [7, 11) is -1.90. The highest BCUT2D eigenvalue weighted by molar-refractivity contribution is 7.88. The molecule has 7 heteroatoms. The zero-order valence-electron chi connectivity index (χ0n) is 16.2. The molecule has 0 spiro atoms. The lowest BCUT2D eigenvalue weighted by atomic mass is 10.1. The number of rotatable bonds is 8. The summed E-state index contributed by atoms with van der Waals surface area (Å²) in [5.74, 6) is 0.297. The summed E-state index contributed by atoms with van der Waals surface area (Å²) >= 11 is 0. The second-order valence-electron chi connectivity index (χ2n) is 6.59. The predicted molar refractivity (Wildman–Crippen MR) is 107 cm³/mol. The highest BCUT2D eigenvalue weighted by atomic mass is 32.2. The van der Waals surface area contributed by atoms with Crippen molar-refractivity contribution in [2.75, 3.05) is 25.2 Å². The normalized spacial score (nSPS) is 11.4. The van der Waals surface area contributed by atoms with Crippen molar-refractivity contribution < 1.29 is 17.9 Å². The number of hydrogen-bond donors (Lipinski definition) is 1. The third-order valence-electron chi connectivity index (χ3n) is 4.13. The third kappa shape index (κ3) is 6.37. The van der Waals surface area contributed by atoms with Gasteiger partial charge in [0, 0.05) is 19.5 Å². The van der Waals surface area contributed by atoms with E-state index < -0.39 is 10.0 Å². The van der Waals surface area contributed by atoms with E-state index in [0.29, 0.717) is 11.4 Å². The van der Waals surface area contributed by atoms with Crippen molar-refractivity contribution in [3.63, 3.8) is 0 Å².